The minimum Gasteiger partial charge on any atom is -0.507 e. The van der Waals surface area contributed by atoms with Crippen molar-refractivity contribution in [3.63, 3.8) is 0 Å². The first kappa shape index (κ1) is 14.9. The Morgan fingerprint density at radius 1 is 1.38 bits per heavy atom. The van der Waals surface area contributed by atoms with Crippen molar-refractivity contribution in [1.29, 1.82) is 5.26 Å². The molecule has 0 aliphatic rings. The van der Waals surface area contributed by atoms with Gasteiger partial charge >= 0.3 is 5.97 Å². The van der Waals surface area contributed by atoms with Gasteiger partial charge in [-0.1, -0.05) is 17.7 Å². The van der Waals surface area contributed by atoms with E-state index in [1.807, 2.05) is 6.07 Å². The van der Waals surface area contributed by atoms with Crippen molar-refractivity contribution in [3.05, 3.63) is 33.8 Å². The molecule has 0 heterocycles. The summed E-state index contributed by atoms with van der Waals surface area (Å²) in [5.41, 5.74) is 0.0416. The lowest BCUT2D eigenvalue weighted by atomic mass is 9.95. The number of halogens is 1. The largest absolute Gasteiger partial charge is 0.507 e. The molecule has 0 amide bonds. The average molecular weight is 306 g/mol. The highest BCUT2D eigenvalue weighted by Gasteiger charge is 2.25. The molecule has 108 valence electrons. The van der Waals surface area contributed by atoms with Gasteiger partial charge in [0.15, 0.2) is 0 Å². The van der Waals surface area contributed by atoms with Gasteiger partial charge in [-0.25, -0.2) is 4.79 Å². The van der Waals surface area contributed by atoms with E-state index in [-0.39, 0.29) is 33.9 Å². The molecular weight excluding hydrogens is 294 g/mol. The van der Waals surface area contributed by atoms with Gasteiger partial charge < -0.3 is 14.9 Å². The molecule has 6 heteroatoms. The average Bonchev–Trinajstić information content (AvgIpc) is 2.45. The Labute approximate surface area is 125 Å². The smallest absolute Gasteiger partial charge is 0.345 e. The van der Waals surface area contributed by atoms with Gasteiger partial charge in [-0.3, -0.25) is 0 Å². The third kappa shape index (κ3) is 2.24. The fourth-order valence-corrected chi connectivity index (χ4v) is 2.39. The van der Waals surface area contributed by atoms with Gasteiger partial charge in [0, 0.05) is 5.39 Å². The van der Waals surface area contributed by atoms with E-state index in [2.05, 4.69) is 0 Å². The number of aryl methyl sites for hydroxylation is 1. The summed E-state index contributed by atoms with van der Waals surface area (Å²) in [6.07, 6.45) is 0. The number of fused-ring (bicyclic) bond motifs is 1. The molecule has 21 heavy (non-hydrogen) atoms. The number of ether oxygens (including phenoxy) is 1. The number of rotatable bonds is 2. The van der Waals surface area contributed by atoms with E-state index < -0.39 is 11.7 Å². The van der Waals surface area contributed by atoms with E-state index in [1.54, 1.807) is 19.9 Å². The molecule has 2 aromatic rings. The first-order valence-corrected chi connectivity index (χ1v) is 6.55. The predicted octanol–water partition coefficient (Wildman–Crippen LogP) is 3.26. The topological polar surface area (TPSA) is 90.5 Å². The number of phenols is 2. The van der Waals surface area contributed by atoms with E-state index in [0.717, 1.165) is 0 Å². The van der Waals surface area contributed by atoms with Crippen LogP contribution in [0.25, 0.3) is 10.8 Å². The second kappa shape index (κ2) is 5.51. The Bertz CT molecular complexity index is 793. The number of phenolic OH excluding ortho intramolecular Hbond substituents is 2. The highest BCUT2D eigenvalue weighted by Crippen LogP contribution is 2.42. The summed E-state index contributed by atoms with van der Waals surface area (Å²) in [6.45, 7) is 3.28. The zero-order valence-corrected chi connectivity index (χ0v) is 12.2. The van der Waals surface area contributed by atoms with E-state index >= 15 is 0 Å². The maximum absolute atomic E-state index is 11.9. The summed E-state index contributed by atoms with van der Waals surface area (Å²) in [4.78, 5) is 11.9. The molecule has 2 rings (SSSR count). The standard InChI is InChI=1S/C15H12ClNO4/c1-3-21-15(20)12-13(18)7(2)8-4-5-10(16)9(6-17)11(8)14(12)19/h4-5,18-19H,3H2,1-2H3. The molecule has 0 bridgehead atoms. The monoisotopic (exact) mass is 305 g/mol. The van der Waals surface area contributed by atoms with Crippen LogP contribution in [0.5, 0.6) is 11.5 Å². The molecule has 2 N–H and O–H groups in total. The number of nitrogens with zero attached hydrogens (tertiary/aromatic N) is 1. The second-order valence-corrected chi connectivity index (χ2v) is 4.78. The first-order valence-electron chi connectivity index (χ1n) is 6.17. The van der Waals surface area contributed by atoms with Gasteiger partial charge in [0.2, 0.25) is 0 Å². The van der Waals surface area contributed by atoms with E-state index in [1.165, 1.54) is 6.07 Å². The second-order valence-electron chi connectivity index (χ2n) is 4.37. The van der Waals surface area contributed by atoms with Crippen LogP contribution in [-0.2, 0) is 4.74 Å². The Hall–Kier alpha value is -2.45. The summed E-state index contributed by atoms with van der Waals surface area (Å²) >= 11 is 5.95. The van der Waals surface area contributed by atoms with E-state index in [9.17, 15) is 20.3 Å². The highest BCUT2D eigenvalue weighted by atomic mass is 35.5. The van der Waals surface area contributed by atoms with Crippen molar-refractivity contribution in [3.8, 4) is 17.6 Å². The van der Waals surface area contributed by atoms with E-state index in [0.29, 0.717) is 10.9 Å². The first-order chi connectivity index (χ1) is 9.93. The molecule has 0 aromatic heterocycles. The number of carbonyl (C=O) groups excluding carboxylic acids is 1. The lowest BCUT2D eigenvalue weighted by Crippen LogP contribution is -2.07. The van der Waals surface area contributed by atoms with Gasteiger partial charge in [0.25, 0.3) is 0 Å². The van der Waals surface area contributed by atoms with Crippen LogP contribution in [0, 0.1) is 18.3 Å². The number of hydrogen-bond acceptors (Lipinski definition) is 5. The summed E-state index contributed by atoms with van der Waals surface area (Å²) < 4.78 is 4.82. The number of carbonyl (C=O) groups is 1. The summed E-state index contributed by atoms with van der Waals surface area (Å²) in [6, 6.07) is 4.97. The summed E-state index contributed by atoms with van der Waals surface area (Å²) in [5, 5.41) is 30.4. The molecule has 0 radical (unpaired) electrons. The van der Waals surface area contributed by atoms with Gasteiger partial charge in [-0.05, 0) is 30.9 Å². The zero-order chi connectivity index (χ0) is 15.7. The fraction of sp³-hybridized carbons (Fsp3) is 0.200. The molecule has 0 spiro atoms. The maximum atomic E-state index is 11.9. The third-order valence-corrected chi connectivity index (χ3v) is 3.53. The van der Waals surface area contributed by atoms with Crippen LogP contribution < -0.4 is 0 Å². The van der Waals surface area contributed by atoms with Crippen LogP contribution in [0.1, 0.15) is 28.4 Å². The maximum Gasteiger partial charge on any atom is 0.345 e. The van der Waals surface area contributed by atoms with Crippen molar-refractivity contribution in [1.82, 2.24) is 0 Å². The quantitative estimate of drug-likeness (QED) is 0.831. The van der Waals surface area contributed by atoms with Crippen LogP contribution in [-0.4, -0.2) is 22.8 Å². The number of aromatic hydroxyl groups is 2. The third-order valence-electron chi connectivity index (χ3n) is 3.22. The van der Waals surface area contributed by atoms with Gasteiger partial charge in [-0.15, -0.1) is 0 Å². The van der Waals surface area contributed by atoms with Gasteiger partial charge in [0.05, 0.1) is 17.2 Å². The normalized spacial score (nSPS) is 10.4. The van der Waals surface area contributed by atoms with Gasteiger partial charge in [0.1, 0.15) is 23.1 Å². The summed E-state index contributed by atoms with van der Waals surface area (Å²) in [7, 11) is 0. The number of esters is 1. The van der Waals surface area contributed by atoms with Crippen LogP contribution in [0.4, 0.5) is 0 Å². The molecule has 0 fully saturated rings. The number of hydrogen-bond donors (Lipinski definition) is 2. The Morgan fingerprint density at radius 2 is 2.05 bits per heavy atom. The lowest BCUT2D eigenvalue weighted by molar-refractivity contribution is 0.0520. The molecule has 0 aliphatic carbocycles. The van der Waals surface area contributed by atoms with Crippen LogP contribution in [0.2, 0.25) is 5.02 Å². The van der Waals surface area contributed by atoms with Gasteiger partial charge in [-0.2, -0.15) is 5.26 Å². The Kier molecular flexibility index (Phi) is 3.92. The fourth-order valence-electron chi connectivity index (χ4n) is 2.19. The van der Waals surface area contributed by atoms with Crippen molar-refractivity contribution in [2.75, 3.05) is 6.61 Å². The number of benzene rings is 2. The molecule has 0 aliphatic heterocycles. The number of nitriles is 1. The zero-order valence-electron chi connectivity index (χ0n) is 11.4. The highest BCUT2D eigenvalue weighted by molar-refractivity contribution is 6.33. The van der Waals surface area contributed by atoms with Crippen LogP contribution in [0.15, 0.2) is 12.1 Å². The Balaban J connectivity index is 2.97. The van der Waals surface area contributed by atoms with Crippen molar-refractivity contribution in [2.24, 2.45) is 0 Å². The lowest BCUT2D eigenvalue weighted by Gasteiger charge is -2.14. The van der Waals surface area contributed by atoms with Crippen molar-refractivity contribution in [2.45, 2.75) is 13.8 Å². The van der Waals surface area contributed by atoms with Crippen molar-refractivity contribution >= 4 is 28.3 Å². The molecule has 0 saturated heterocycles. The van der Waals surface area contributed by atoms with E-state index in [4.69, 9.17) is 16.3 Å². The molecule has 0 atom stereocenters. The molecule has 5 nitrogen and oxygen atoms in total. The molecule has 0 unspecified atom stereocenters. The minimum absolute atomic E-state index is 0.0420. The van der Waals surface area contributed by atoms with Crippen LogP contribution >= 0.6 is 11.6 Å². The predicted molar refractivity (Wildman–Crippen MR) is 77.7 cm³/mol. The van der Waals surface area contributed by atoms with Crippen LogP contribution in [0.3, 0.4) is 0 Å². The SMILES string of the molecule is CCOC(=O)c1c(O)c(C)c2ccc(Cl)c(C#N)c2c1O. The van der Waals surface area contributed by atoms with Crippen molar-refractivity contribution < 1.29 is 19.7 Å². The molecule has 2 aromatic carbocycles. The summed E-state index contributed by atoms with van der Waals surface area (Å²) in [5.74, 6) is -1.74. The molecule has 0 saturated carbocycles. The minimum atomic E-state index is -0.860. The molecular formula is C15H12ClNO4. The Morgan fingerprint density at radius 3 is 2.62 bits per heavy atom.